The molecule has 0 fully saturated rings. The van der Waals surface area contributed by atoms with E-state index in [0.29, 0.717) is 19.3 Å². The Morgan fingerprint density at radius 3 is 1.15 bits per heavy atom. The quantitative estimate of drug-likeness (QED) is 0.0199. The first-order valence-corrected chi connectivity index (χ1v) is 26.4. The minimum Gasteiger partial charge on any atom is -0.462 e. The molecule has 0 aromatic rings. The summed E-state index contributed by atoms with van der Waals surface area (Å²) in [4.78, 5) is 38.0. The average Bonchev–Trinajstić information content (AvgIpc) is 3.33. The maximum absolute atomic E-state index is 12.8. The molecule has 0 aromatic carbocycles. The summed E-state index contributed by atoms with van der Waals surface area (Å²) in [7, 11) is 0. The van der Waals surface area contributed by atoms with Gasteiger partial charge in [0.2, 0.25) is 0 Å². The molecule has 0 saturated heterocycles. The lowest BCUT2D eigenvalue weighted by Gasteiger charge is -2.18. The van der Waals surface area contributed by atoms with Crippen LogP contribution in [-0.4, -0.2) is 37.2 Å². The molecular formula is C61H94O6. The van der Waals surface area contributed by atoms with Gasteiger partial charge in [-0.3, -0.25) is 14.4 Å². The van der Waals surface area contributed by atoms with Crippen LogP contribution in [0.4, 0.5) is 0 Å². The lowest BCUT2D eigenvalue weighted by Crippen LogP contribution is -2.30. The van der Waals surface area contributed by atoms with Crippen molar-refractivity contribution < 1.29 is 28.6 Å². The van der Waals surface area contributed by atoms with E-state index in [1.54, 1.807) is 0 Å². The number of hydrogen-bond acceptors (Lipinski definition) is 6. The van der Waals surface area contributed by atoms with Crippen LogP contribution < -0.4 is 0 Å². The fourth-order valence-electron chi connectivity index (χ4n) is 6.51. The summed E-state index contributed by atoms with van der Waals surface area (Å²) in [5, 5.41) is 0. The molecule has 0 aromatic heterocycles. The number of carbonyl (C=O) groups excluding carboxylic acids is 3. The van der Waals surface area contributed by atoms with Gasteiger partial charge in [-0.1, -0.05) is 231 Å². The fourth-order valence-corrected chi connectivity index (χ4v) is 6.51. The number of allylic oxidation sites excluding steroid dienone is 24. The Hall–Kier alpha value is -4.71. The number of esters is 3. The third-order valence-corrected chi connectivity index (χ3v) is 10.4. The number of hydrogen-bond donors (Lipinski definition) is 0. The van der Waals surface area contributed by atoms with Crippen molar-refractivity contribution in [2.24, 2.45) is 0 Å². The van der Waals surface area contributed by atoms with E-state index >= 15 is 0 Å². The highest BCUT2D eigenvalue weighted by atomic mass is 16.6. The zero-order valence-electron chi connectivity index (χ0n) is 42.6. The molecule has 0 spiro atoms. The molecule has 6 nitrogen and oxygen atoms in total. The second kappa shape index (κ2) is 53.9. The Labute approximate surface area is 410 Å². The van der Waals surface area contributed by atoms with Crippen LogP contribution in [0, 0.1) is 0 Å². The van der Waals surface area contributed by atoms with Gasteiger partial charge in [-0.15, -0.1) is 0 Å². The van der Waals surface area contributed by atoms with E-state index in [4.69, 9.17) is 14.2 Å². The highest BCUT2D eigenvalue weighted by Gasteiger charge is 2.19. The van der Waals surface area contributed by atoms with E-state index in [1.165, 1.54) is 38.5 Å². The van der Waals surface area contributed by atoms with Gasteiger partial charge in [-0.2, -0.15) is 0 Å². The van der Waals surface area contributed by atoms with Crippen LogP contribution in [0.15, 0.2) is 146 Å². The van der Waals surface area contributed by atoms with Gasteiger partial charge in [0.25, 0.3) is 0 Å². The van der Waals surface area contributed by atoms with Gasteiger partial charge in [0.15, 0.2) is 6.10 Å². The van der Waals surface area contributed by atoms with Crippen molar-refractivity contribution in [2.75, 3.05) is 13.2 Å². The molecule has 1 unspecified atom stereocenters. The molecule has 0 heterocycles. The van der Waals surface area contributed by atoms with Crippen molar-refractivity contribution in [3.8, 4) is 0 Å². The first-order valence-electron chi connectivity index (χ1n) is 26.4. The minimum atomic E-state index is -0.840. The van der Waals surface area contributed by atoms with E-state index in [2.05, 4.69) is 118 Å². The van der Waals surface area contributed by atoms with Crippen LogP contribution in [0.3, 0.4) is 0 Å². The first kappa shape index (κ1) is 62.3. The van der Waals surface area contributed by atoms with Crippen LogP contribution in [0.2, 0.25) is 0 Å². The van der Waals surface area contributed by atoms with Crippen molar-refractivity contribution in [1.29, 1.82) is 0 Å². The Morgan fingerprint density at radius 2 is 0.701 bits per heavy atom. The summed E-state index contributed by atoms with van der Waals surface area (Å²) < 4.78 is 16.7. The van der Waals surface area contributed by atoms with Gasteiger partial charge in [0, 0.05) is 19.3 Å². The number of rotatable bonds is 45. The summed E-state index contributed by atoms with van der Waals surface area (Å²) in [5.41, 5.74) is 0. The zero-order valence-corrected chi connectivity index (χ0v) is 42.6. The predicted molar refractivity (Wildman–Crippen MR) is 288 cm³/mol. The van der Waals surface area contributed by atoms with Crippen molar-refractivity contribution in [2.45, 2.75) is 207 Å². The fraction of sp³-hybridized carbons (Fsp3) is 0.557. The summed E-state index contributed by atoms with van der Waals surface area (Å²) in [5.74, 6) is -1.06. The number of ether oxygens (including phenoxy) is 3. The summed E-state index contributed by atoms with van der Waals surface area (Å²) in [6.45, 7) is 6.29. The summed E-state index contributed by atoms with van der Waals surface area (Å²) in [6.07, 6.45) is 76.9. The molecule has 374 valence electrons. The first-order chi connectivity index (χ1) is 33.0. The predicted octanol–water partition coefficient (Wildman–Crippen LogP) is 17.6. The van der Waals surface area contributed by atoms with Gasteiger partial charge in [-0.25, -0.2) is 0 Å². The normalized spacial score (nSPS) is 13.3. The highest BCUT2D eigenvalue weighted by molar-refractivity contribution is 5.71. The number of unbranched alkanes of at least 4 members (excludes halogenated alkanes) is 15. The zero-order chi connectivity index (χ0) is 48.6. The van der Waals surface area contributed by atoms with Crippen LogP contribution in [0.5, 0.6) is 0 Å². The standard InChI is InChI=1S/C61H94O6/c1-4-7-10-13-16-19-22-25-28-30-31-34-36-39-42-45-48-51-54-60(63)66-57-58(56-65-59(62)53-50-47-44-41-38-35-32-27-24-21-18-15-12-9-6-3)67-61(64)55-52-49-46-43-40-37-33-29-26-23-20-17-14-11-8-5-2/h8,10-11,13,16-22,24-31,34,37,40,46,49,58H,4-7,9,12,14-15,23,32-33,35-36,38-39,41-45,47-48,50-57H2,1-3H3/b11-8-,13-10-,19-16-,20-17-,21-18-,25-22-,27-24-,29-26-,30-28-,34-31-,40-37-,49-46-. The van der Waals surface area contributed by atoms with Crippen LogP contribution in [0.1, 0.15) is 201 Å². The highest BCUT2D eigenvalue weighted by Crippen LogP contribution is 2.12. The molecule has 0 aliphatic carbocycles. The summed E-state index contributed by atoms with van der Waals surface area (Å²) >= 11 is 0. The van der Waals surface area contributed by atoms with Gasteiger partial charge in [-0.05, 0) is 96.3 Å². The second-order valence-electron chi connectivity index (χ2n) is 16.8. The maximum atomic E-state index is 12.8. The van der Waals surface area contributed by atoms with Crippen LogP contribution in [0.25, 0.3) is 0 Å². The molecule has 6 heteroatoms. The molecule has 0 radical (unpaired) electrons. The second-order valence-corrected chi connectivity index (χ2v) is 16.8. The summed E-state index contributed by atoms with van der Waals surface area (Å²) in [6, 6.07) is 0. The Kier molecular flexibility index (Phi) is 50.1. The largest absolute Gasteiger partial charge is 0.462 e. The van der Waals surface area contributed by atoms with E-state index in [0.717, 1.165) is 116 Å². The molecule has 0 N–H and O–H groups in total. The van der Waals surface area contributed by atoms with Crippen LogP contribution in [-0.2, 0) is 28.6 Å². The van der Waals surface area contributed by atoms with Gasteiger partial charge < -0.3 is 14.2 Å². The molecule has 0 aliphatic heterocycles. The lowest BCUT2D eigenvalue weighted by atomic mass is 10.1. The topological polar surface area (TPSA) is 78.9 Å². The molecule has 0 bridgehead atoms. The van der Waals surface area contributed by atoms with Crippen molar-refractivity contribution in [3.05, 3.63) is 146 Å². The smallest absolute Gasteiger partial charge is 0.306 e. The molecule has 67 heavy (non-hydrogen) atoms. The van der Waals surface area contributed by atoms with Crippen molar-refractivity contribution in [3.63, 3.8) is 0 Å². The third-order valence-electron chi connectivity index (χ3n) is 10.4. The third kappa shape index (κ3) is 52.1. The van der Waals surface area contributed by atoms with Gasteiger partial charge in [0.1, 0.15) is 13.2 Å². The Morgan fingerprint density at radius 1 is 0.328 bits per heavy atom. The molecular weight excluding hydrogens is 829 g/mol. The Bertz CT molecular complexity index is 1530. The van der Waals surface area contributed by atoms with Gasteiger partial charge in [0.05, 0.1) is 0 Å². The maximum Gasteiger partial charge on any atom is 0.306 e. The lowest BCUT2D eigenvalue weighted by molar-refractivity contribution is -0.166. The molecule has 0 rings (SSSR count). The average molecular weight is 923 g/mol. The van der Waals surface area contributed by atoms with E-state index < -0.39 is 12.1 Å². The van der Waals surface area contributed by atoms with Crippen molar-refractivity contribution >= 4 is 17.9 Å². The van der Waals surface area contributed by atoms with E-state index in [-0.39, 0.29) is 31.6 Å². The Balaban J connectivity index is 4.60. The molecule has 0 amide bonds. The molecule has 1 atom stereocenters. The van der Waals surface area contributed by atoms with E-state index in [9.17, 15) is 14.4 Å². The van der Waals surface area contributed by atoms with E-state index in [1.807, 2.05) is 48.6 Å². The number of carbonyl (C=O) groups is 3. The van der Waals surface area contributed by atoms with Crippen LogP contribution >= 0.6 is 0 Å². The van der Waals surface area contributed by atoms with Gasteiger partial charge >= 0.3 is 17.9 Å². The molecule has 0 saturated carbocycles. The monoisotopic (exact) mass is 923 g/mol. The SMILES string of the molecule is CC/C=C\C/C=C\C/C=C\C/C=C\C/C=C\CCC(=O)OC(COC(=O)CCCCCCC\C=C/C=C\C=C/C=C\C=C/CCC)COC(=O)CCCCCCCC/C=C\C=C/CCCCC. The van der Waals surface area contributed by atoms with Crippen molar-refractivity contribution in [1.82, 2.24) is 0 Å². The molecule has 0 aliphatic rings. The minimum absolute atomic E-state index is 0.129.